The van der Waals surface area contributed by atoms with Crippen molar-refractivity contribution in [2.75, 3.05) is 11.9 Å². The maximum Gasteiger partial charge on any atom is 0.283 e. The maximum absolute atomic E-state index is 12.2. The fourth-order valence-electron chi connectivity index (χ4n) is 2.48. The van der Waals surface area contributed by atoms with Gasteiger partial charge in [-0.15, -0.1) is 0 Å². The lowest BCUT2D eigenvalue weighted by atomic mass is 10.00. The molecule has 0 aliphatic carbocycles. The Kier molecular flexibility index (Phi) is 5.21. The van der Waals surface area contributed by atoms with Crippen molar-refractivity contribution in [3.05, 3.63) is 21.0 Å². The van der Waals surface area contributed by atoms with E-state index in [1.165, 1.54) is 4.68 Å². The van der Waals surface area contributed by atoms with Gasteiger partial charge in [0.2, 0.25) is 0 Å². The monoisotopic (exact) mass is 342 g/mol. The molecule has 5 nitrogen and oxygen atoms in total. The number of nitrogens with one attached hydrogen (secondary N) is 2. The molecule has 2 atom stereocenters. The summed E-state index contributed by atoms with van der Waals surface area (Å²) in [6.45, 7) is 8.01. The third kappa shape index (κ3) is 3.61. The molecule has 6 heteroatoms. The molecule has 0 spiro atoms. The minimum absolute atomic E-state index is 0.0693. The van der Waals surface area contributed by atoms with E-state index in [0.717, 1.165) is 25.1 Å². The molecule has 1 fully saturated rings. The lowest BCUT2D eigenvalue weighted by Gasteiger charge is -2.31. The Labute approximate surface area is 128 Å². The van der Waals surface area contributed by atoms with Crippen LogP contribution in [0.1, 0.15) is 33.6 Å². The van der Waals surface area contributed by atoms with E-state index >= 15 is 0 Å². The summed E-state index contributed by atoms with van der Waals surface area (Å²) in [6, 6.07) is 0.732. The predicted octanol–water partition coefficient (Wildman–Crippen LogP) is 2.21. The highest BCUT2D eigenvalue weighted by molar-refractivity contribution is 9.10. The van der Waals surface area contributed by atoms with Gasteiger partial charge in [0.1, 0.15) is 4.47 Å². The van der Waals surface area contributed by atoms with Crippen LogP contribution in [-0.4, -0.2) is 28.4 Å². The summed E-state index contributed by atoms with van der Waals surface area (Å²) in [5.74, 6) is 0.397. The van der Waals surface area contributed by atoms with Crippen LogP contribution in [0.25, 0.3) is 0 Å². The van der Waals surface area contributed by atoms with Gasteiger partial charge in [-0.05, 0) is 48.2 Å². The molecule has 1 aliphatic rings. The van der Waals surface area contributed by atoms with Crippen molar-refractivity contribution in [2.45, 2.75) is 52.2 Å². The quantitative estimate of drug-likeness (QED) is 0.880. The lowest BCUT2D eigenvalue weighted by Crippen LogP contribution is -2.46. The fraction of sp³-hybridized carbons (Fsp3) is 0.714. The zero-order valence-electron chi connectivity index (χ0n) is 12.3. The first-order chi connectivity index (χ1) is 9.49. The highest BCUT2D eigenvalue weighted by atomic mass is 79.9. The molecule has 2 rings (SSSR count). The Hall–Kier alpha value is -0.880. The van der Waals surface area contributed by atoms with Gasteiger partial charge in [-0.25, -0.2) is 4.68 Å². The van der Waals surface area contributed by atoms with Crippen molar-refractivity contribution in [3.63, 3.8) is 0 Å². The zero-order chi connectivity index (χ0) is 14.7. The predicted molar refractivity (Wildman–Crippen MR) is 85.1 cm³/mol. The molecule has 2 heterocycles. The Bertz CT molecular complexity index is 514. The summed E-state index contributed by atoms with van der Waals surface area (Å²) < 4.78 is 2.09. The Morgan fingerprint density at radius 3 is 3.00 bits per heavy atom. The molecule has 0 saturated carbocycles. The molecule has 2 unspecified atom stereocenters. The van der Waals surface area contributed by atoms with E-state index in [1.54, 1.807) is 6.20 Å². The maximum atomic E-state index is 12.2. The van der Waals surface area contributed by atoms with Crippen LogP contribution in [0.2, 0.25) is 0 Å². The molecule has 1 aromatic heterocycles. The number of hydrogen-bond donors (Lipinski definition) is 2. The second kappa shape index (κ2) is 6.72. The number of halogens is 1. The second-order valence-electron chi connectivity index (χ2n) is 5.89. The number of nitrogens with zero attached hydrogens (tertiary/aromatic N) is 2. The van der Waals surface area contributed by atoms with Gasteiger partial charge >= 0.3 is 0 Å². The van der Waals surface area contributed by atoms with E-state index < -0.39 is 0 Å². The van der Waals surface area contributed by atoms with E-state index in [2.05, 4.69) is 52.4 Å². The van der Waals surface area contributed by atoms with E-state index in [0.29, 0.717) is 29.0 Å². The molecule has 0 amide bonds. The molecule has 1 saturated heterocycles. The van der Waals surface area contributed by atoms with Gasteiger partial charge in [0.05, 0.1) is 11.9 Å². The molecule has 1 aliphatic heterocycles. The van der Waals surface area contributed by atoms with Crippen LogP contribution < -0.4 is 16.2 Å². The largest absolute Gasteiger partial charge is 0.378 e. The van der Waals surface area contributed by atoms with Crippen LogP contribution in [-0.2, 0) is 6.54 Å². The molecular weight excluding hydrogens is 320 g/mol. The summed E-state index contributed by atoms with van der Waals surface area (Å²) in [5, 5.41) is 11.1. The first kappa shape index (κ1) is 15.5. The van der Waals surface area contributed by atoms with Gasteiger partial charge < -0.3 is 10.6 Å². The van der Waals surface area contributed by atoms with Crippen molar-refractivity contribution < 1.29 is 0 Å². The number of rotatable bonds is 4. The van der Waals surface area contributed by atoms with E-state index in [-0.39, 0.29) is 5.56 Å². The number of hydrogen-bond acceptors (Lipinski definition) is 4. The van der Waals surface area contributed by atoms with Crippen LogP contribution >= 0.6 is 15.9 Å². The molecule has 112 valence electrons. The van der Waals surface area contributed by atoms with Crippen LogP contribution in [0.4, 0.5) is 5.69 Å². The normalized spacial score (nSPS) is 23.1. The van der Waals surface area contributed by atoms with Crippen LogP contribution in [0.15, 0.2) is 15.5 Å². The van der Waals surface area contributed by atoms with Crippen LogP contribution in [0.3, 0.4) is 0 Å². The molecular formula is C14H23BrN4O. The van der Waals surface area contributed by atoms with Gasteiger partial charge in [0, 0.05) is 18.6 Å². The topological polar surface area (TPSA) is 59.0 Å². The molecule has 1 aromatic rings. The smallest absolute Gasteiger partial charge is 0.283 e. The molecule has 2 N–H and O–H groups in total. The number of anilines is 1. The minimum Gasteiger partial charge on any atom is -0.378 e. The number of aromatic nitrogens is 2. The molecule has 20 heavy (non-hydrogen) atoms. The van der Waals surface area contributed by atoms with Gasteiger partial charge in [-0.1, -0.05) is 13.8 Å². The lowest BCUT2D eigenvalue weighted by molar-refractivity contribution is 0.389. The van der Waals surface area contributed by atoms with Gasteiger partial charge in [-0.2, -0.15) is 5.10 Å². The second-order valence-corrected chi connectivity index (χ2v) is 6.68. The molecule has 0 radical (unpaired) electrons. The summed E-state index contributed by atoms with van der Waals surface area (Å²) in [4.78, 5) is 12.2. The zero-order valence-corrected chi connectivity index (χ0v) is 13.9. The first-order valence-electron chi connectivity index (χ1n) is 7.24. The van der Waals surface area contributed by atoms with Gasteiger partial charge in [0.15, 0.2) is 0 Å². The van der Waals surface area contributed by atoms with Gasteiger partial charge in [-0.3, -0.25) is 4.79 Å². The SMILES string of the molecule is CC(C)Cn1ncc(NC2CCCNC2C)c(Br)c1=O. The summed E-state index contributed by atoms with van der Waals surface area (Å²) in [6.07, 6.45) is 4.00. The van der Waals surface area contributed by atoms with Crippen LogP contribution in [0.5, 0.6) is 0 Å². The number of piperidine rings is 1. The van der Waals surface area contributed by atoms with Crippen molar-refractivity contribution in [1.29, 1.82) is 0 Å². The summed E-state index contributed by atoms with van der Waals surface area (Å²) in [7, 11) is 0. The Balaban J connectivity index is 2.16. The standard InChI is InChI=1S/C14H23BrN4O/c1-9(2)8-19-14(20)13(15)12(7-17-19)18-11-5-4-6-16-10(11)3/h7,9-11,16,18H,4-6,8H2,1-3H3. The third-order valence-electron chi connectivity index (χ3n) is 3.63. The average molecular weight is 343 g/mol. The Morgan fingerprint density at radius 1 is 1.60 bits per heavy atom. The third-order valence-corrected chi connectivity index (χ3v) is 4.39. The van der Waals surface area contributed by atoms with Gasteiger partial charge in [0.25, 0.3) is 5.56 Å². The fourth-order valence-corrected chi connectivity index (χ4v) is 2.90. The molecule has 0 bridgehead atoms. The highest BCUT2D eigenvalue weighted by Crippen LogP contribution is 2.21. The summed E-state index contributed by atoms with van der Waals surface area (Å²) >= 11 is 3.41. The van der Waals surface area contributed by atoms with Crippen LogP contribution in [0, 0.1) is 5.92 Å². The summed E-state index contributed by atoms with van der Waals surface area (Å²) in [5.41, 5.74) is 0.718. The van der Waals surface area contributed by atoms with Crippen molar-refractivity contribution >= 4 is 21.6 Å². The van der Waals surface area contributed by atoms with Crippen molar-refractivity contribution in [2.24, 2.45) is 5.92 Å². The van der Waals surface area contributed by atoms with E-state index in [4.69, 9.17) is 0 Å². The average Bonchev–Trinajstić information content (AvgIpc) is 2.40. The molecule has 0 aromatic carbocycles. The Morgan fingerprint density at radius 2 is 2.35 bits per heavy atom. The van der Waals surface area contributed by atoms with Crippen molar-refractivity contribution in [1.82, 2.24) is 15.1 Å². The minimum atomic E-state index is -0.0693. The highest BCUT2D eigenvalue weighted by Gasteiger charge is 2.22. The first-order valence-corrected chi connectivity index (χ1v) is 8.04. The van der Waals surface area contributed by atoms with Crippen molar-refractivity contribution in [3.8, 4) is 0 Å². The van der Waals surface area contributed by atoms with E-state index in [9.17, 15) is 4.79 Å². The van der Waals surface area contributed by atoms with E-state index in [1.807, 2.05) is 0 Å².